The Labute approximate surface area is 222 Å². The van der Waals surface area contributed by atoms with Crippen molar-refractivity contribution in [2.75, 3.05) is 0 Å². The SMILES string of the molecule is CC1=CC[C]([Zr+2][CH]2C(n3c4ccccc4c4ccccc43)=Cc3ccccc32)=C1C.[Br-].[Br-]. The van der Waals surface area contributed by atoms with Gasteiger partial charge in [-0.2, -0.15) is 0 Å². The molecule has 1 atom stereocenters. The Morgan fingerprint density at radius 1 is 0.781 bits per heavy atom. The van der Waals surface area contributed by atoms with Crippen LogP contribution in [0.25, 0.3) is 33.6 Å². The summed E-state index contributed by atoms with van der Waals surface area (Å²) in [5.41, 5.74) is 10.1. The average molecular weight is 625 g/mol. The van der Waals surface area contributed by atoms with Crippen molar-refractivity contribution in [2.24, 2.45) is 0 Å². The van der Waals surface area contributed by atoms with E-state index in [9.17, 15) is 0 Å². The van der Waals surface area contributed by atoms with E-state index in [-0.39, 0.29) is 34.0 Å². The third kappa shape index (κ3) is 3.69. The minimum Gasteiger partial charge on any atom is -1.00 e. The normalized spacial score (nSPS) is 16.9. The molecule has 1 unspecified atom stereocenters. The molecule has 4 aromatic rings. The van der Waals surface area contributed by atoms with Gasteiger partial charge >= 0.3 is 190 Å². The summed E-state index contributed by atoms with van der Waals surface area (Å²) in [6, 6.07) is 26.8. The van der Waals surface area contributed by atoms with Gasteiger partial charge in [-0.05, 0) is 0 Å². The second-order valence-corrected chi connectivity index (χ2v) is 12.0. The maximum atomic E-state index is 2.56. The van der Waals surface area contributed by atoms with Crippen molar-refractivity contribution in [3.05, 3.63) is 104 Å². The van der Waals surface area contributed by atoms with E-state index in [4.69, 9.17) is 0 Å². The molecule has 3 aromatic carbocycles. The summed E-state index contributed by atoms with van der Waals surface area (Å²) in [6.07, 6.45) is 6.06. The summed E-state index contributed by atoms with van der Waals surface area (Å²) < 4.78 is 4.86. The fourth-order valence-electron chi connectivity index (χ4n) is 4.99. The summed E-state index contributed by atoms with van der Waals surface area (Å²) in [5, 5.41) is 2.70. The first-order chi connectivity index (χ1) is 14.7. The van der Waals surface area contributed by atoms with Crippen LogP contribution in [0.2, 0.25) is 0 Å². The van der Waals surface area contributed by atoms with Crippen LogP contribution >= 0.6 is 0 Å². The molecule has 0 bridgehead atoms. The van der Waals surface area contributed by atoms with E-state index in [1.807, 2.05) is 0 Å². The van der Waals surface area contributed by atoms with E-state index in [0.29, 0.717) is 3.63 Å². The number of rotatable bonds is 3. The topological polar surface area (TPSA) is 4.93 Å². The van der Waals surface area contributed by atoms with Crippen molar-refractivity contribution in [3.8, 4) is 0 Å². The zero-order valence-corrected chi connectivity index (χ0v) is 23.7. The van der Waals surface area contributed by atoms with Crippen molar-refractivity contribution in [2.45, 2.75) is 23.9 Å². The fourth-order valence-corrected chi connectivity index (χ4v) is 9.32. The van der Waals surface area contributed by atoms with Crippen LogP contribution in [-0.2, 0) is 23.2 Å². The molecule has 0 aliphatic heterocycles. The first kappa shape index (κ1) is 23.7. The van der Waals surface area contributed by atoms with Gasteiger partial charge in [0.1, 0.15) is 0 Å². The Balaban J connectivity index is 0.00000122. The van der Waals surface area contributed by atoms with Crippen molar-refractivity contribution in [1.82, 2.24) is 4.57 Å². The standard InChI is InChI=1S/C21H14N.C7H9.2BrH.Zr/c1-2-8-16-14-17(13-15(16)7-1)22-20-11-5-3-9-18(20)19-10-4-6-12-21(19)22;1-6-4-3-5-7(6)2;;;/h1-14H;4H,3H2,1-2H3;2*1H;/q;;;;+2/p-2. The molecule has 1 aromatic heterocycles. The van der Waals surface area contributed by atoms with E-state index in [2.05, 4.69) is 103 Å². The van der Waals surface area contributed by atoms with Crippen LogP contribution in [0.1, 0.15) is 35.0 Å². The number of para-hydroxylation sites is 2. The summed E-state index contributed by atoms with van der Waals surface area (Å²) in [5.74, 6) is 0. The van der Waals surface area contributed by atoms with E-state index in [1.165, 1.54) is 50.6 Å². The Bertz CT molecular complexity index is 1370. The van der Waals surface area contributed by atoms with Gasteiger partial charge in [-0.1, -0.05) is 0 Å². The van der Waals surface area contributed by atoms with E-state index in [1.54, 1.807) is 8.85 Å². The minimum atomic E-state index is -0.840. The number of hydrogen-bond donors (Lipinski definition) is 0. The van der Waals surface area contributed by atoms with E-state index < -0.39 is 23.2 Å². The van der Waals surface area contributed by atoms with E-state index >= 15 is 0 Å². The second kappa shape index (κ2) is 9.41. The molecule has 4 heteroatoms. The molecule has 1 heterocycles. The molecular formula is C28H23Br2NZr. The molecular weight excluding hydrogens is 601 g/mol. The number of benzene rings is 3. The van der Waals surface area contributed by atoms with Gasteiger partial charge in [-0.25, -0.2) is 0 Å². The first-order valence-electron chi connectivity index (χ1n) is 10.6. The zero-order valence-electron chi connectivity index (χ0n) is 18.1. The third-order valence-electron chi connectivity index (χ3n) is 6.72. The first-order valence-corrected chi connectivity index (χ1v) is 13.3. The number of hydrogen-bond acceptors (Lipinski definition) is 0. The molecule has 0 amide bonds. The Hall–Kier alpha value is -1.48. The van der Waals surface area contributed by atoms with E-state index in [0.717, 1.165) is 0 Å². The van der Waals surface area contributed by atoms with Crippen molar-refractivity contribution < 1.29 is 57.2 Å². The summed E-state index contributed by atoms with van der Waals surface area (Å²) in [7, 11) is 0. The third-order valence-corrected chi connectivity index (χ3v) is 11.2. The number of allylic oxidation sites excluding steroid dienone is 5. The molecule has 0 saturated heterocycles. The maximum Gasteiger partial charge on any atom is -1.00 e. The molecule has 0 radical (unpaired) electrons. The molecule has 1 nitrogen and oxygen atoms in total. The number of nitrogens with zero attached hydrogens (tertiary/aromatic N) is 1. The van der Waals surface area contributed by atoms with Crippen LogP contribution in [0.3, 0.4) is 0 Å². The predicted molar refractivity (Wildman–Crippen MR) is 124 cm³/mol. The van der Waals surface area contributed by atoms with Crippen molar-refractivity contribution in [3.63, 3.8) is 0 Å². The van der Waals surface area contributed by atoms with Crippen LogP contribution < -0.4 is 34.0 Å². The molecule has 0 fully saturated rings. The van der Waals surface area contributed by atoms with Crippen molar-refractivity contribution >= 4 is 33.6 Å². The summed E-state index contributed by atoms with van der Waals surface area (Å²) >= 11 is -0.840. The van der Waals surface area contributed by atoms with Gasteiger partial charge in [0.05, 0.1) is 0 Å². The Morgan fingerprint density at radius 2 is 1.38 bits per heavy atom. The van der Waals surface area contributed by atoms with Gasteiger partial charge in [-0.3, -0.25) is 0 Å². The minimum absolute atomic E-state index is 0. The number of fused-ring (bicyclic) bond motifs is 4. The molecule has 0 N–H and O–H groups in total. The van der Waals surface area contributed by atoms with Gasteiger partial charge in [0.25, 0.3) is 0 Å². The van der Waals surface area contributed by atoms with Crippen LogP contribution in [0.5, 0.6) is 0 Å². The monoisotopic (exact) mass is 621 g/mol. The fraction of sp³-hybridized carbons (Fsp3) is 0.143. The summed E-state index contributed by atoms with van der Waals surface area (Å²) in [4.78, 5) is 0. The van der Waals surface area contributed by atoms with Crippen LogP contribution in [0, 0.1) is 0 Å². The molecule has 2 aliphatic carbocycles. The zero-order chi connectivity index (χ0) is 20.2. The molecule has 0 spiro atoms. The van der Waals surface area contributed by atoms with Gasteiger partial charge in [0.15, 0.2) is 0 Å². The molecule has 0 saturated carbocycles. The van der Waals surface area contributed by atoms with Gasteiger partial charge < -0.3 is 34.0 Å². The Morgan fingerprint density at radius 3 is 2.00 bits per heavy atom. The summed E-state index contributed by atoms with van der Waals surface area (Å²) in [6.45, 7) is 4.60. The van der Waals surface area contributed by atoms with Crippen molar-refractivity contribution in [1.29, 1.82) is 0 Å². The Kier molecular flexibility index (Phi) is 6.96. The van der Waals surface area contributed by atoms with Gasteiger partial charge in [0.2, 0.25) is 0 Å². The van der Waals surface area contributed by atoms with Crippen LogP contribution in [0.15, 0.2) is 93.3 Å². The number of aromatic nitrogens is 1. The second-order valence-electron chi connectivity index (χ2n) is 8.34. The average Bonchev–Trinajstić information content (AvgIpc) is 3.41. The molecule has 6 rings (SSSR count). The maximum absolute atomic E-state index is 2.56. The van der Waals surface area contributed by atoms with Gasteiger partial charge in [0, 0.05) is 0 Å². The van der Waals surface area contributed by atoms with Crippen LogP contribution in [0.4, 0.5) is 0 Å². The predicted octanol–water partition coefficient (Wildman–Crippen LogP) is 1.56. The number of halogens is 2. The van der Waals surface area contributed by atoms with Crippen LogP contribution in [-0.4, -0.2) is 4.57 Å². The van der Waals surface area contributed by atoms with Gasteiger partial charge in [-0.15, -0.1) is 0 Å². The quantitative estimate of drug-likeness (QED) is 0.327. The largest absolute Gasteiger partial charge is 1.00 e. The molecule has 158 valence electrons. The molecule has 2 aliphatic rings. The molecule has 32 heavy (non-hydrogen) atoms. The smallest absolute Gasteiger partial charge is 1.00 e.